The lowest BCUT2D eigenvalue weighted by Gasteiger charge is -2.15. The number of hydrogen-bond donors (Lipinski definition) is 1. The number of hydrogen-bond acceptors (Lipinski definition) is 2. The van der Waals surface area contributed by atoms with Crippen molar-refractivity contribution in [3.05, 3.63) is 42.0 Å². The molecule has 0 spiro atoms. The Kier molecular flexibility index (Phi) is 4.61. The van der Waals surface area contributed by atoms with E-state index in [0.29, 0.717) is 12.4 Å². The Morgan fingerprint density at radius 3 is 2.50 bits per heavy atom. The minimum atomic E-state index is -0.833. The molecule has 0 aliphatic carbocycles. The first-order chi connectivity index (χ1) is 9.63. The molecule has 0 bridgehead atoms. The van der Waals surface area contributed by atoms with Crippen LogP contribution in [0.4, 0.5) is 0 Å². The third kappa shape index (κ3) is 3.10. The molecule has 3 heteroatoms. The highest BCUT2D eigenvalue weighted by atomic mass is 16.5. The first-order valence-corrected chi connectivity index (χ1v) is 7.01. The number of ether oxygens (including phenoxy) is 1. The second-order valence-electron chi connectivity index (χ2n) is 5.00. The molecule has 2 aromatic carbocycles. The van der Waals surface area contributed by atoms with Crippen LogP contribution >= 0.6 is 0 Å². The van der Waals surface area contributed by atoms with Gasteiger partial charge in [-0.05, 0) is 36.2 Å². The van der Waals surface area contributed by atoms with Gasteiger partial charge in [0.25, 0.3) is 0 Å². The van der Waals surface area contributed by atoms with E-state index in [4.69, 9.17) is 4.74 Å². The fourth-order valence-electron chi connectivity index (χ4n) is 2.16. The minimum absolute atomic E-state index is 0.573. The molecule has 0 saturated carbocycles. The number of carboxylic acids is 1. The summed E-state index contributed by atoms with van der Waals surface area (Å²) in [6, 6.07) is 11.8. The van der Waals surface area contributed by atoms with Crippen LogP contribution in [0.15, 0.2) is 36.4 Å². The van der Waals surface area contributed by atoms with E-state index in [9.17, 15) is 9.90 Å². The first kappa shape index (κ1) is 14.4. The molecule has 0 heterocycles. The summed E-state index contributed by atoms with van der Waals surface area (Å²) in [5.41, 5.74) is 0.743. The molecule has 0 aliphatic heterocycles. The molecule has 0 fully saturated rings. The van der Waals surface area contributed by atoms with Crippen LogP contribution < -0.4 is 4.74 Å². The van der Waals surface area contributed by atoms with Crippen LogP contribution in [-0.4, -0.2) is 17.7 Å². The fourth-order valence-corrected chi connectivity index (χ4v) is 2.16. The molecule has 106 valence electrons. The molecule has 0 aliphatic rings. The van der Waals surface area contributed by atoms with Crippen LogP contribution in [0.25, 0.3) is 10.8 Å². The second-order valence-corrected chi connectivity index (χ2v) is 5.00. The monoisotopic (exact) mass is 272 g/mol. The highest BCUT2D eigenvalue weighted by molar-refractivity contribution is 5.87. The Morgan fingerprint density at radius 1 is 1.25 bits per heavy atom. The Balaban J connectivity index is 2.44. The number of carboxylic acid groups (broad SMARTS) is 1. The number of benzene rings is 2. The van der Waals surface area contributed by atoms with Crippen molar-refractivity contribution in [3.8, 4) is 5.75 Å². The van der Waals surface area contributed by atoms with Gasteiger partial charge in [0.2, 0.25) is 0 Å². The Morgan fingerprint density at radius 2 is 1.90 bits per heavy atom. The third-order valence-electron chi connectivity index (χ3n) is 3.47. The third-order valence-corrected chi connectivity index (χ3v) is 3.47. The van der Waals surface area contributed by atoms with E-state index in [-0.39, 0.29) is 0 Å². The molecule has 2 rings (SSSR count). The van der Waals surface area contributed by atoms with Gasteiger partial charge < -0.3 is 9.84 Å². The Bertz CT molecular complexity index is 604. The highest BCUT2D eigenvalue weighted by Gasteiger charge is 2.19. The van der Waals surface area contributed by atoms with Crippen molar-refractivity contribution < 1.29 is 14.6 Å². The van der Waals surface area contributed by atoms with E-state index in [0.717, 1.165) is 29.2 Å². The normalized spacial score (nSPS) is 12.3. The molecular formula is C17H20O3. The van der Waals surface area contributed by atoms with E-state index in [1.54, 1.807) is 6.92 Å². The molecular weight excluding hydrogens is 252 g/mol. The number of rotatable bonds is 6. The number of unbranched alkanes of at least 4 members (excludes halogenated alkanes) is 1. The van der Waals surface area contributed by atoms with Crippen LogP contribution in [0, 0.1) is 0 Å². The summed E-state index contributed by atoms with van der Waals surface area (Å²) in [6.45, 7) is 4.41. The van der Waals surface area contributed by atoms with Crippen molar-refractivity contribution in [2.24, 2.45) is 0 Å². The maximum Gasteiger partial charge on any atom is 0.310 e. The van der Waals surface area contributed by atoms with Crippen molar-refractivity contribution in [1.29, 1.82) is 0 Å². The van der Waals surface area contributed by atoms with E-state index in [2.05, 4.69) is 6.92 Å². The topological polar surface area (TPSA) is 46.5 Å². The van der Waals surface area contributed by atoms with Gasteiger partial charge in [0.15, 0.2) is 0 Å². The largest absolute Gasteiger partial charge is 0.493 e. The van der Waals surface area contributed by atoms with Crippen LogP contribution in [-0.2, 0) is 4.79 Å². The van der Waals surface area contributed by atoms with Crippen molar-refractivity contribution >= 4 is 16.7 Å². The first-order valence-electron chi connectivity index (χ1n) is 7.01. The smallest absolute Gasteiger partial charge is 0.310 e. The van der Waals surface area contributed by atoms with E-state index in [1.165, 1.54) is 0 Å². The number of fused-ring (bicyclic) bond motifs is 1. The SMILES string of the molecule is CCCCOc1cc2ccccc2cc1C(C)C(=O)O. The summed E-state index contributed by atoms with van der Waals surface area (Å²) in [4.78, 5) is 11.3. The van der Waals surface area contributed by atoms with Gasteiger partial charge in [0.05, 0.1) is 12.5 Å². The summed E-state index contributed by atoms with van der Waals surface area (Å²) < 4.78 is 5.79. The molecule has 2 aromatic rings. The molecule has 0 amide bonds. The lowest BCUT2D eigenvalue weighted by molar-refractivity contribution is -0.138. The van der Waals surface area contributed by atoms with Crippen molar-refractivity contribution in [3.63, 3.8) is 0 Å². The lowest BCUT2D eigenvalue weighted by atomic mass is 9.96. The highest BCUT2D eigenvalue weighted by Crippen LogP contribution is 2.32. The van der Waals surface area contributed by atoms with Gasteiger partial charge in [-0.2, -0.15) is 0 Å². The van der Waals surface area contributed by atoms with Gasteiger partial charge in [-0.15, -0.1) is 0 Å². The van der Waals surface area contributed by atoms with Crippen LogP contribution in [0.2, 0.25) is 0 Å². The van der Waals surface area contributed by atoms with Crippen molar-refractivity contribution in [2.75, 3.05) is 6.61 Å². The van der Waals surface area contributed by atoms with Crippen molar-refractivity contribution in [2.45, 2.75) is 32.6 Å². The molecule has 0 aromatic heterocycles. The predicted octanol–water partition coefficient (Wildman–Crippen LogP) is 4.21. The van der Waals surface area contributed by atoms with Crippen LogP contribution in [0.5, 0.6) is 5.75 Å². The molecule has 0 radical (unpaired) electrons. The number of carbonyl (C=O) groups is 1. The Labute approximate surface area is 119 Å². The van der Waals surface area contributed by atoms with Gasteiger partial charge in [-0.25, -0.2) is 0 Å². The fraction of sp³-hybridized carbons (Fsp3) is 0.353. The summed E-state index contributed by atoms with van der Waals surface area (Å²) >= 11 is 0. The van der Waals surface area contributed by atoms with E-state index < -0.39 is 11.9 Å². The quantitative estimate of drug-likeness (QED) is 0.801. The average molecular weight is 272 g/mol. The average Bonchev–Trinajstić information content (AvgIpc) is 2.46. The summed E-state index contributed by atoms with van der Waals surface area (Å²) in [7, 11) is 0. The van der Waals surface area contributed by atoms with E-state index in [1.807, 2.05) is 36.4 Å². The van der Waals surface area contributed by atoms with Gasteiger partial charge in [-0.3, -0.25) is 4.79 Å². The molecule has 1 N–H and O–H groups in total. The van der Waals surface area contributed by atoms with Crippen LogP contribution in [0.3, 0.4) is 0 Å². The lowest BCUT2D eigenvalue weighted by Crippen LogP contribution is -2.10. The Hall–Kier alpha value is -2.03. The van der Waals surface area contributed by atoms with Crippen LogP contribution in [0.1, 0.15) is 38.2 Å². The summed E-state index contributed by atoms with van der Waals surface area (Å²) in [5, 5.41) is 11.4. The summed E-state index contributed by atoms with van der Waals surface area (Å²) in [6.07, 6.45) is 2.02. The molecule has 20 heavy (non-hydrogen) atoms. The maximum atomic E-state index is 11.3. The predicted molar refractivity (Wildman–Crippen MR) is 80.4 cm³/mol. The standard InChI is InChI=1S/C17H20O3/c1-3-4-9-20-16-11-14-8-6-5-7-13(14)10-15(16)12(2)17(18)19/h5-8,10-12H,3-4,9H2,1-2H3,(H,18,19). The summed E-state index contributed by atoms with van der Waals surface area (Å²) in [5.74, 6) is -0.719. The molecule has 3 nitrogen and oxygen atoms in total. The minimum Gasteiger partial charge on any atom is -0.493 e. The zero-order valence-corrected chi connectivity index (χ0v) is 11.9. The zero-order chi connectivity index (χ0) is 14.5. The van der Waals surface area contributed by atoms with Gasteiger partial charge in [0, 0.05) is 5.56 Å². The maximum absolute atomic E-state index is 11.3. The molecule has 1 atom stereocenters. The molecule has 0 saturated heterocycles. The van der Waals surface area contributed by atoms with Gasteiger partial charge >= 0.3 is 5.97 Å². The van der Waals surface area contributed by atoms with Gasteiger partial charge in [0.1, 0.15) is 5.75 Å². The number of aliphatic carboxylic acids is 1. The van der Waals surface area contributed by atoms with Gasteiger partial charge in [-0.1, -0.05) is 37.6 Å². The molecule has 1 unspecified atom stereocenters. The van der Waals surface area contributed by atoms with Crippen molar-refractivity contribution in [1.82, 2.24) is 0 Å². The zero-order valence-electron chi connectivity index (χ0n) is 11.9. The van der Waals surface area contributed by atoms with E-state index >= 15 is 0 Å². The second kappa shape index (κ2) is 6.42.